The number of nitrogens with zero attached hydrogens (tertiary/aromatic N) is 2. The van der Waals surface area contributed by atoms with Crippen molar-refractivity contribution in [2.24, 2.45) is 5.73 Å². The largest absolute Gasteiger partial charge is 0.491 e. The first-order valence-electron chi connectivity index (χ1n) is 9.44. The summed E-state index contributed by atoms with van der Waals surface area (Å²) in [6, 6.07) is 17.0. The van der Waals surface area contributed by atoms with Gasteiger partial charge in [-0.3, -0.25) is 4.90 Å². The third-order valence-corrected chi connectivity index (χ3v) is 4.67. The highest BCUT2D eigenvalue weighted by Crippen LogP contribution is 2.19. The topological polar surface area (TPSA) is 88.3 Å². The molecule has 0 radical (unpaired) electrons. The molecule has 0 spiro atoms. The van der Waals surface area contributed by atoms with Crippen molar-refractivity contribution < 1.29 is 19.4 Å². The molecule has 0 saturated carbocycles. The van der Waals surface area contributed by atoms with Crippen LogP contribution in [0.25, 0.3) is 0 Å². The van der Waals surface area contributed by atoms with E-state index in [1.165, 1.54) is 0 Å². The molecule has 7 heteroatoms. The molecule has 2 aromatic rings. The zero-order chi connectivity index (χ0) is 19.8. The van der Waals surface area contributed by atoms with Gasteiger partial charge >= 0.3 is 6.03 Å². The molecule has 28 heavy (non-hydrogen) atoms. The second-order valence-electron chi connectivity index (χ2n) is 6.84. The molecule has 1 saturated heterocycles. The van der Waals surface area contributed by atoms with E-state index in [0.717, 1.165) is 11.3 Å². The van der Waals surface area contributed by atoms with E-state index in [9.17, 15) is 9.90 Å². The maximum Gasteiger partial charge on any atom is 0.314 e. The van der Waals surface area contributed by atoms with Gasteiger partial charge in [0.05, 0.1) is 0 Å². The number of hydrogen-bond donors (Lipinski definition) is 2. The Balaban J connectivity index is 1.37. The molecule has 2 aromatic carbocycles. The Bertz CT molecular complexity index is 731. The van der Waals surface area contributed by atoms with Crippen molar-refractivity contribution in [2.75, 3.05) is 39.3 Å². The second-order valence-corrected chi connectivity index (χ2v) is 6.84. The maximum absolute atomic E-state index is 11.1. The summed E-state index contributed by atoms with van der Waals surface area (Å²) in [5, 5.41) is 10.2. The smallest absolute Gasteiger partial charge is 0.314 e. The third-order valence-electron chi connectivity index (χ3n) is 4.67. The van der Waals surface area contributed by atoms with Crippen molar-refractivity contribution in [1.29, 1.82) is 0 Å². The van der Waals surface area contributed by atoms with Gasteiger partial charge in [-0.05, 0) is 29.8 Å². The normalized spacial score (nSPS) is 15.8. The van der Waals surface area contributed by atoms with Crippen LogP contribution in [0.4, 0.5) is 4.79 Å². The number of carbonyl (C=O) groups excluding carboxylic acids is 1. The molecule has 1 atom stereocenters. The van der Waals surface area contributed by atoms with Crippen LogP contribution in [-0.2, 0) is 6.61 Å². The average Bonchev–Trinajstić information content (AvgIpc) is 2.72. The first-order chi connectivity index (χ1) is 13.6. The highest BCUT2D eigenvalue weighted by atomic mass is 16.5. The molecule has 3 rings (SSSR count). The SMILES string of the molecule is NC(=O)N1CCN(CC(O)COc2ccc(OCc3ccccc3)cc2)CC1. The number of rotatable bonds is 8. The lowest BCUT2D eigenvalue weighted by atomic mass is 10.2. The minimum absolute atomic E-state index is 0.209. The molecule has 3 N–H and O–H groups in total. The number of urea groups is 1. The molecule has 1 aliphatic heterocycles. The number of piperazine rings is 1. The Morgan fingerprint density at radius 2 is 1.57 bits per heavy atom. The summed E-state index contributed by atoms with van der Waals surface area (Å²) < 4.78 is 11.4. The summed E-state index contributed by atoms with van der Waals surface area (Å²) >= 11 is 0. The van der Waals surface area contributed by atoms with Crippen LogP contribution in [0, 0.1) is 0 Å². The van der Waals surface area contributed by atoms with E-state index >= 15 is 0 Å². The van der Waals surface area contributed by atoms with Crippen molar-refractivity contribution in [3.8, 4) is 11.5 Å². The highest BCUT2D eigenvalue weighted by Gasteiger charge is 2.21. The molecule has 1 heterocycles. The van der Waals surface area contributed by atoms with Crippen molar-refractivity contribution in [1.82, 2.24) is 9.80 Å². The number of amides is 2. The van der Waals surface area contributed by atoms with E-state index in [1.807, 2.05) is 54.6 Å². The minimum atomic E-state index is -0.603. The Morgan fingerprint density at radius 1 is 0.964 bits per heavy atom. The predicted molar refractivity (Wildman–Crippen MR) is 106 cm³/mol. The van der Waals surface area contributed by atoms with Gasteiger partial charge in [-0.25, -0.2) is 4.79 Å². The van der Waals surface area contributed by atoms with E-state index in [4.69, 9.17) is 15.2 Å². The van der Waals surface area contributed by atoms with Crippen LogP contribution in [0.3, 0.4) is 0 Å². The Morgan fingerprint density at radius 3 is 2.18 bits per heavy atom. The number of aliphatic hydroxyl groups is 1. The van der Waals surface area contributed by atoms with Crippen LogP contribution in [0.1, 0.15) is 5.56 Å². The van der Waals surface area contributed by atoms with Gasteiger partial charge < -0.3 is 25.2 Å². The lowest BCUT2D eigenvalue weighted by Gasteiger charge is -2.34. The quantitative estimate of drug-likeness (QED) is 0.722. The van der Waals surface area contributed by atoms with Crippen LogP contribution in [0.15, 0.2) is 54.6 Å². The standard InChI is InChI=1S/C21H27N3O4/c22-21(26)24-12-10-23(11-13-24)14-18(25)16-28-20-8-6-19(7-9-20)27-15-17-4-2-1-3-5-17/h1-9,18,25H,10-16H2,(H2,22,26). The van der Waals surface area contributed by atoms with Crippen LogP contribution < -0.4 is 15.2 Å². The Hall–Kier alpha value is -2.77. The zero-order valence-electron chi connectivity index (χ0n) is 15.9. The van der Waals surface area contributed by atoms with E-state index in [-0.39, 0.29) is 12.6 Å². The Labute approximate surface area is 165 Å². The second kappa shape index (κ2) is 9.96. The summed E-state index contributed by atoms with van der Waals surface area (Å²) in [7, 11) is 0. The first-order valence-corrected chi connectivity index (χ1v) is 9.44. The number of hydrogen-bond acceptors (Lipinski definition) is 5. The van der Waals surface area contributed by atoms with E-state index < -0.39 is 6.10 Å². The number of benzene rings is 2. The molecule has 2 amide bonds. The summed E-state index contributed by atoms with van der Waals surface area (Å²) in [6.45, 7) is 3.81. The molecule has 1 unspecified atom stereocenters. The van der Waals surface area contributed by atoms with Crippen LogP contribution in [-0.4, -0.2) is 66.4 Å². The molecule has 1 aliphatic rings. The molecule has 150 valence electrons. The maximum atomic E-state index is 11.1. The molecule has 0 aliphatic carbocycles. The van der Waals surface area contributed by atoms with Gasteiger partial charge in [-0.1, -0.05) is 30.3 Å². The lowest BCUT2D eigenvalue weighted by Crippen LogP contribution is -2.52. The van der Waals surface area contributed by atoms with Crippen molar-refractivity contribution >= 4 is 6.03 Å². The fourth-order valence-electron chi connectivity index (χ4n) is 3.07. The van der Waals surface area contributed by atoms with Gasteiger partial charge in [-0.15, -0.1) is 0 Å². The first kappa shape index (κ1) is 20.0. The molecule has 7 nitrogen and oxygen atoms in total. The van der Waals surface area contributed by atoms with E-state index in [0.29, 0.717) is 45.1 Å². The summed E-state index contributed by atoms with van der Waals surface area (Å²) in [5.41, 5.74) is 6.39. The van der Waals surface area contributed by atoms with Gasteiger partial charge in [0, 0.05) is 32.7 Å². The average molecular weight is 385 g/mol. The monoisotopic (exact) mass is 385 g/mol. The van der Waals surface area contributed by atoms with Gasteiger partial charge in [0.15, 0.2) is 0 Å². The van der Waals surface area contributed by atoms with E-state index in [1.54, 1.807) is 4.90 Å². The van der Waals surface area contributed by atoms with Gasteiger partial charge in [0.2, 0.25) is 0 Å². The molecular weight excluding hydrogens is 358 g/mol. The summed E-state index contributed by atoms with van der Waals surface area (Å²) in [4.78, 5) is 14.8. The molecule has 0 aromatic heterocycles. The fourth-order valence-corrected chi connectivity index (χ4v) is 3.07. The highest BCUT2D eigenvalue weighted by molar-refractivity contribution is 5.72. The van der Waals surface area contributed by atoms with Gasteiger partial charge in [0.1, 0.15) is 30.8 Å². The summed E-state index contributed by atoms with van der Waals surface area (Å²) in [5.74, 6) is 1.45. The van der Waals surface area contributed by atoms with Crippen LogP contribution >= 0.6 is 0 Å². The zero-order valence-corrected chi connectivity index (χ0v) is 15.9. The Kier molecular flexibility index (Phi) is 7.11. The third kappa shape index (κ3) is 6.14. The lowest BCUT2D eigenvalue weighted by molar-refractivity contribution is 0.0522. The number of primary amides is 1. The van der Waals surface area contributed by atoms with Crippen molar-refractivity contribution in [3.63, 3.8) is 0 Å². The number of carbonyl (C=O) groups is 1. The molecular formula is C21H27N3O4. The van der Waals surface area contributed by atoms with Gasteiger partial charge in [0.25, 0.3) is 0 Å². The van der Waals surface area contributed by atoms with Crippen LogP contribution in [0.5, 0.6) is 11.5 Å². The molecule has 1 fully saturated rings. The van der Waals surface area contributed by atoms with Crippen molar-refractivity contribution in [3.05, 3.63) is 60.2 Å². The van der Waals surface area contributed by atoms with Gasteiger partial charge in [-0.2, -0.15) is 0 Å². The number of nitrogens with two attached hydrogens (primary N) is 1. The molecule has 0 bridgehead atoms. The predicted octanol–water partition coefficient (Wildman–Crippen LogP) is 1.70. The summed E-state index contributed by atoms with van der Waals surface area (Å²) in [6.07, 6.45) is -0.603. The number of ether oxygens (including phenoxy) is 2. The minimum Gasteiger partial charge on any atom is -0.491 e. The van der Waals surface area contributed by atoms with E-state index in [2.05, 4.69) is 4.90 Å². The number of β-amino-alcohol motifs (C(OH)–C–C–N with tert-alkyl or cyclic N) is 1. The number of aliphatic hydroxyl groups excluding tert-OH is 1. The van der Waals surface area contributed by atoms with Crippen LogP contribution in [0.2, 0.25) is 0 Å². The fraction of sp³-hybridized carbons (Fsp3) is 0.381. The van der Waals surface area contributed by atoms with Crippen molar-refractivity contribution in [2.45, 2.75) is 12.7 Å².